The molecule has 0 fully saturated rings. The van der Waals surface area contributed by atoms with E-state index in [1.54, 1.807) is 5.01 Å². The number of nitrogens with zero attached hydrogens (tertiary/aromatic N) is 1. The van der Waals surface area contributed by atoms with E-state index in [9.17, 15) is 9.59 Å². The minimum Gasteiger partial charge on any atom is -0.460 e. The van der Waals surface area contributed by atoms with Gasteiger partial charge in [0.05, 0.1) is 6.54 Å². The van der Waals surface area contributed by atoms with Gasteiger partial charge in [-0.3, -0.25) is 9.80 Å². The minimum atomic E-state index is -0.520. The normalized spacial score (nSPS) is 14.2. The third kappa shape index (κ3) is 5.53. The first kappa shape index (κ1) is 24.6. The summed E-state index contributed by atoms with van der Waals surface area (Å²) in [6.07, 6.45) is 2.14. The molecule has 0 atom stereocenters. The zero-order valence-electron chi connectivity index (χ0n) is 21.5. The Morgan fingerprint density at radius 3 is 2.14 bits per heavy atom. The van der Waals surface area contributed by atoms with Gasteiger partial charge in [-0.05, 0) is 66.1 Å². The summed E-state index contributed by atoms with van der Waals surface area (Å²) in [6, 6.07) is 24.6. The molecule has 1 N–H and O–H groups in total. The van der Waals surface area contributed by atoms with Crippen molar-refractivity contribution in [2.75, 3.05) is 6.61 Å². The van der Waals surface area contributed by atoms with Crippen molar-refractivity contribution >= 4 is 17.6 Å². The Bertz CT molecular complexity index is 1310. The topological polar surface area (TPSA) is 67.9 Å². The van der Waals surface area contributed by atoms with Gasteiger partial charge < -0.3 is 9.47 Å². The van der Waals surface area contributed by atoms with Crippen molar-refractivity contribution in [1.82, 2.24) is 10.4 Å². The maximum Gasteiger partial charge on any atom is 0.426 e. The number of rotatable bonds is 6. The zero-order chi connectivity index (χ0) is 26.0. The number of fused-ring (bicyclic) bond motifs is 4. The maximum absolute atomic E-state index is 12.9. The fourth-order valence-corrected chi connectivity index (χ4v) is 5.11. The first-order valence-electron chi connectivity index (χ1n) is 12.7. The predicted octanol–water partition coefficient (Wildman–Crippen LogP) is 6.42. The number of hydrazine groups is 1. The SMILES string of the molecule is CC(C)(C)OC(=O)CCC1=CN(NC(=O)OCC2c3ccccc3-c3ccccc32)Cc2ccccc21. The summed E-state index contributed by atoms with van der Waals surface area (Å²) >= 11 is 0. The van der Waals surface area contributed by atoms with Crippen LogP contribution in [0.15, 0.2) is 79.0 Å². The highest BCUT2D eigenvalue weighted by Gasteiger charge is 2.29. The Morgan fingerprint density at radius 1 is 0.892 bits per heavy atom. The molecule has 37 heavy (non-hydrogen) atoms. The molecule has 0 spiro atoms. The molecular weight excluding hydrogens is 464 g/mol. The summed E-state index contributed by atoms with van der Waals surface area (Å²) in [6.45, 7) is 6.34. The molecule has 1 heterocycles. The number of nitrogens with one attached hydrogen (secondary N) is 1. The lowest BCUT2D eigenvalue weighted by molar-refractivity contribution is -0.154. The number of hydrogen-bond donors (Lipinski definition) is 1. The Morgan fingerprint density at radius 2 is 1.49 bits per heavy atom. The summed E-state index contributed by atoms with van der Waals surface area (Å²) in [4.78, 5) is 25.2. The van der Waals surface area contributed by atoms with Gasteiger partial charge in [0.2, 0.25) is 0 Å². The van der Waals surface area contributed by atoms with Gasteiger partial charge in [0, 0.05) is 18.5 Å². The number of esters is 1. The van der Waals surface area contributed by atoms with Gasteiger partial charge in [0.1, 0.15) is 12.2 Å². The average Bonchev–Trinajstić information content (AvgIpc) is 3.19. The second-order valence-electron chi connectivity index (χ2n) is 10.5. The summed E-state index contributed by atoms with van der Waals surface area (Å²) in [5.74, 6) is -0.243. The summed E-state index contributed by atoms with van der Waals surface area (Å²) in [5.41, 5.74) is 10.2. The van der Waals surface area contributed by atoms with Gasteiger partial charge in [-0.25, -0.2) is 10.2 Å². The molecule has 3 aromatic rings. The van der Waals surface area contributed by atoms with E-state index >= 15 is 0 Å². The molecule has 0 radical (unpaired) electrons. The third-order valence-corrected chi connectivity index (χ3v) is 6.61. The van der Waals surface area contributed by atoms with Crippen LogP contribution in [-0.4, -0.2) is 29.3 Å². The van der Waals surface area contributed by atoms with Gasteiger partial charge in [-0.1, -0.05) is 72.8 Å². The van der Waals surface area contributed by atoms with E-state index in [2.05, 4.69) is 29.7 Å². The fraction of sp³-hybridized carbons (Fsp3) is 0.290. The molecular formula is C31H32N2O4. The quantitative estimate of drug-likeness (QED) is 0.399. The summed E-state index contributed by atoms with van der Waals surface area (Å²) < 4.78 is 11.2. The lowest BCUT2D eigenvalue weighted by atomic mass is 9.94. The molecule has 5 rings (SSSR count). The molecule has 0 bridgehead atoms. The molecule has 0 unspecified atom stereocenters. The second kappa shape index (κ2) is 10.1. The van der Waals surface area contributed by atoms with Crippen LogP contribution in [0.4, 0.5) is 4.79 Å². The number of carbonyl (C=O) groups excluding carboxylic acids is 2. The van der Waals surface area contributed by atoms with Crippen LogP contribution in [-0.2, 0) is 20.8 Å². The number of allylic oxidation sites excluding steroid dienone is 1. The molecule has 3 aromatic carbocycles. The van der Waals surface area contributed by atoms with Crippen LogP contribution in [0.25, 0.3) is 16.7 Å². The highest BCUT2D eigenvalue weighted by atomic mass is 16.6. The Labute approximate surface area is 217 Å². The summed E-state index contributed by atoms with van der Waals surface area (Å²) in [5, 5.41) is 1.73. The van der Waals surface area contributed by atoms with Gasteiger partial charge in [-0.15, -0.1) is 0 Å². The van der Waals surface area contributed by atoms with Gasteiger partial charge in [0.25, 0.3) is 0 Å². The molecule has 0 aromatic heterocycles. The highest BCUT2D eigenvalue weighted by molar-refractivity contribution is 5.79. The van der Waals surface area contributed by atoms with Crippen molar-refractivity contribution in [3.05, 3.63) is 101 Å². The predicted molar refractivity (Wildman–Crippen MR) is 143 cm³/mol. The van der Waals surface area contributed by atoms with Crippen molar-refractivity contribution in [3.63, 3.8) is 0 Å². The number of benzene rings is 3. The Hall–Kier alpha value is -4.06. The smallest absolute Gasteiger partial charge is 0.426 e. The van der Waals surface area contributed by atoms with E-state index in [1.807, 2.05) is 75.5 Å². The average molecular weight is 497 g/mol. The molecule has 0 saturated carbocycles. The van der Waals surface area contributed by atoms with Crippen molar-refractivity contribution in [2.45, 2.75) is 51.7 Å². The minimum absolute atomic E-state index is 0.000151. The molecule has 6 nitrogen and oxygen atoms in total. The fourth-order valence-electron chi connectivity index (χ4n) is 5.11. The van der Waals surface area contributed by atoms with Gasteiger partial charge >= 0.3 is 12.1 Å². The standard InChI is InChI=1S/C31H32N2O4/c1-31(2,3)37-29(34)17-16-22-19-33(18-21-10-4-5-11-23(21)22)32-30(35)36-20-28-26-14-8-6-12-24(26)25-13-7-9-15-27(25)28/h4-15,19,28H,16-18,20H2,1-3H3,(H,32,35). The first-order chi connectivity index (χ1) is 17.8. The van der Waals surface area contributed by atoms with E-state index in [-0.39, 0.29) is 24.9 Å². The van der Waals surface area contributed by atoms with Crippen molar-refractivity contribution in [1.29, 1.82) is 0 Å². The lowest BCUT2D eigenvalue weighted by Crippen LogP contribution is -2.40. The van der Waals surface area contributed by atoms with Crippen LogP contribution >= 0.6 is 0 Å². The van der Waals surface area contributed by atoms with Crippen molar-refractivity contribution in [3.8, 4) is 11.1 Å². The van der Waals surface area contributed by atoms with Crippen LogP contribution in [0.2, 0.25) is 0 Å². The van der Waals surface area contributed by atoms with Crippen LogP contribution in [0.1, 0.15) is 61.8 Å². The van der Waals surface area contributed by atoms with Crippen LogP contribution < -0.4 is 5.43 Å². The Kier molecular flexibility index (Phi) is 6.74. The van der Waals surface area contributed by atoms with Crippen LogP contribution in [0, 0.1) is 0 Å². The third-order valence-electron chi connectivity index (χ3n) is 6.61. The highest BCUT2D eigenvalue weighted by Crippen LogP contribution is 2.44. The number of amides is 1. The van der Waals surface area contributed by atoms with Gasteiger partial charge in [0.15, 0.2) is 0 Å². The summed E-state index contributed by atoms with van der Waals surface area (Å²) in [7, 11) is 0. The molecule has 2 aliphatic rings. The zero-order valence-corrected chi connectivity index (χ0v) is 21.5. The van der Waals surface area contributed by atoms with E-state index in [0.717, 1.165) is 16.7 Å². The van der Waals surface area contributed by atoms with E-state index in [1.165, 1.54) is 22.3 Å². The molecule has 0 saturated heterocycles. The van der Waals surface area contributed by atoms with E-state index < -0.39 is 11.7 Å². The second-order valence-corrected chi connectivity index (χ2v) is 10.5. The molecule has 1 aliphatic heterocycles. The van der Waals surface area contributed by atoms with Crippen molar-refractivity contribution in [2.24, 2.45) is 0 Å². The lowest BCUT2D eigenvalue weighted by Gasteiger charge is -2.29. The number of hydrogen-bond acceptors (Lipinski definition) is 5. The largest absolute Gasteiger partial charge is 0.460 e. The van der Waals surface area contributed by atoms with Crippen LogP contribution in [0.5, 0.6) is 0 Å². The maximum atomic E-state index is 12.9. The molecule has 190 valence electrons. The molecule has 1 aliphatic carbocycles. The Balaban J connectivity index is 1.25. The van der Waals surface area contributed by atoms with E-state index in [0.29, 0.717) is 13.0 Å². The van der Waals surface area contributed by atoms with Crippen LogP contribution in [0.3, 0.4) is 0 Å². The van der Waals surface area contributed by atoms with Gasteiger partial charge in [-0.2, -0.15) is 0 Å². The van der Waals surface area contributed by atoms with E-state index in [4.69, 9.17) is 9.47 Å². The van der Waals surface area contributed by atoms with Crippen molar-refractivity contribution < 1.29 is 19.1 Å². The molecule has 1 amide bonds. The number of carbonyl (C=O) groups is 2. The first-order valence-corrected chi connectivity index (χ1v) is 12.7. The number of ether oxygens (including phenoxy) is 2. The molecule has 6 heteroatoms. The monoisotopic (exact) mass is 496 g/mol.